The maximum Gasteiger partial charge on any atom is 0.251 e. The molecule has 2 rings (SSSR count). The van der Waals surface area contributed by atoms with Crippen LogP contribution in [0.1, 0.15) is 21.6 Å². The smallest absolute Gasteiger partial charge is 0.251 e. The molecule has 0 fully saturated rings. The monoisotopic (exact) mass is 334 g/mol. The van der Waals surface area contributed by atoms with E-state index in [-0.39, 0.29) is 12.5 Å². The maximum atomic E-state index is 12.1. The molecule has 0 radical (unpaired) electrons. The van der Waals surface area contributed by atoms with Gasteiger partial charge in [-0.25, -0.2) is 13.1 Å². The Kier molecular flexibility index (Phi) is 5.78. The van der Waals surface area contributed by atoms with E-state index >= 15 is 0 Å². The molecule has 0 spiro atoms. The van der Waals surface area contributed by atoms with Crippen LogP contribution >= 0.6 is 0 Å². The lowest BCUT2D eigenvalue weighted by Crippen LogP contribution is -2.26. The largest absolute Gasteiger partial charge is 0.352 e. The van der Waals surface area contributed by atoms with E-state index in [4.69, 9.17) is 0 Å². The summed E-state index contributed by atoms with van der Waals surface area (Å²) >= 11 is 0. The molecule has 0 saturated heterocycles. The highest BCUT2D eigenvalue weighted by Gasteiger charge is 2.08. The fourth-order valence-corrected chi connectivity index (χ4v) is 2.30. The topological polar surface area (TPSA) is 101 Å². The Morgan fingerprint density at radius 3 is 2.61 bits per heavy atom. The normalized spacial score (nSPS) is 11.2. The van der Waals surface area contributed by atoms with Crippen LogP contribution in [0.4, 0.5) is 0 Å². The summed E-state index contributed by atoms with van der Waals surface area (Å²) in [6.45, 7) is 0.555. The molecule has 0 atom stereocenters. The van der Waals surface area contributed by atoms with Crippen molar-refractivity contribution >= 4 is 15.9 Å². The third-order valence-corrected chi connectivity index (χ3v) is 3.71. The maximum absolute atomic E-state index is 12.1. The van der Waals surface area contributed by atoms with E-state index in [1.54, 1.807) is 24.5 Å². The van der Waals surface area contributed by atoms with Crippen LogP contribution in [0.25, 0.3) is 0 Å². The number of amides is 1. The summed E-state index contributed by atoms with van der Waals surface area (Å²) < 4.78 is 24.5. The quantitative estimate of drug-likeness (QED) is 0.768. The van der Waals surface area contributed by atoms with E-state index in [1.807, 2.05) is 12.1 Å². The number of nitrogens with one attached hydrogen (secondary N) is 2. The molecule has 0 saturated carbocycles. The second kappa shape index (κ2) is 7.80. The van der Waals surface area contributed by atoms with E-state index < -0.39 is 10.0 Å². The first kappa shape index (κ1) is 17.0. The standard InChI is InChI=1S/C15H18N4O3S/c1-23(21,22)19-11-14-10-13(5-9-17-14)15(20)18-8-4-12-2-6-16-7-3-12/h2-3,5-7,9-10,19H,4,8,11H2,1H3,(H,18,20). The molecule has 1 amide bonds. The van der Waals surface area contributed by atoms with E-state index in [2.05, 4.69) is 20.0 Å². The van der Waals surface area contributed by atoms with Gasteiger partial charge >= 0.3 is 0 Å². The summed E-state index contributed by atoms with van der Waals surface area (Å²) in [7, 11) is -3.30. The lowest BCUT2D eigenvalue weighted by molar-refractivity contribution is 0.0954. The summed E-state index contributed by atoms with van der Waals surface area (Å²) in [6, 6.07) is 6.95. The molecule has 23 heavy (non-hydrogen) atoms. The van der Waals surface area contributed by atoms with Crippen molar-refractivity contribution in [3.05, 3.63) is 59.7 Å². The number of carbonyl (C=O) groups is 1. The number of hydrogen-bond donors (Lipinski definition) is 2. The van der Waals surface area contributed by atoms with Crippen molar-refractivity contribution in [2.75, 3.05) is 12.8 Å². The van der Waals surface area contributed by atoms with Crippen LogP contribution in [-0.4, -0.2) is 37.1 Å². The SMILES string of the molecule is CS(=O)(=O)NCc1cc(C(=O)NCCc2ccncc2)ccn1. The van der Waals surface area contributed by atoms with Gasteiger partial charge in [0.2, 0.25) is 10.0 Å². The van der Waals surface area contributed by atoms with Crippen LogP contribution in [0.3, 0.4) is 0 Å². The van der Waals surface area contributed by atoms with Crippen molar-refractivity contribution in [3.8, 4) is 0 Å². The first-order valence-electron chi connectivity index (χ1n) is 7.01. The van der Waals surface area contributed by atoms with Crippen LogP contribution in [-0.2, 0) is 23.0 Å². The van der Waals surface area contributed by atoms with Gasteiger partial charge < -0.3 is 5.32 Å². The Bertz CT molecular complexity index is 763. The fraction of sp³-hybridized carbons (Fsp3) is 0.267. The average molecular weight is 334 g/mol. The molecular weight excluding hydrogens is 316 g/mol. The van der Waals surface area contributed by atoms with Crippen molar-refractivity contribution in [3.63, 3.8) is 0 Å². The molecule has 0 unspecified atom stereocenters. The Hall–Kier alpha value is -2.32. The van der Waals surface area contributed by atoms with Crippen LogP contribution in [0.15, 0.2) is 42.9 Å². The Labute approximate surface area is 135 Å². The molecule has 0 aliphatic carbocycles. The minimum absolute atomic E-state index is 0.0525. The van der Waals surface area contributed by atoms with E-state index in [9.17, 15) is 13.2 Å². The van der Waals surface area contributed by atoms with Crippen molar-refractivity contribution in [1.82, 2.24) is 20.0 Å². The third kappa shape index (κ3) is 6.13. The molecule has 2 aromatic heterocycles. The highest BCUT2D eigenvalue weighted by Crippen LogP contribution is 2.03. The molecule has 7 nitrogen and oxygen atoms in total. The number of carbonyl (C=O) groups excluding carboxylic acids is 1. The summed E-state index contributed by atoms with van der Waals surface area (Å²) in [5, 5.41) is 2.82. The van der Waals surface area contributed by atoms with Gasteiger partial charge in [-0.1, -0.05) is 0 Å². The number of sulfonamides is 1. The number of nitrogens with zero attached hydrogens (tertiary/aromatic N) is 2. The zero-order valence-electron chi connectivity index (χ0n) is 12.7. The summed E-state index contributed by atoms with van der Waals surface area (Å²) in [6.07, 6.45) is 6.68. The number of rotatable bonds is 7. The lowest BCUT2D eigenvalue weighted by Gasteiger charge is -2.07. The highest BCUT2D eigenvalue weighted by molar-refractivity contribution is 7.88. The minimum Gasteiger partial charge on any atom is -0.352 e. The van der Waals surface area contributed by atoms with Gasteiger partial charge in [-0.15, -0.1) is 0 Å². The minimum atomic E-state index is -3.30. The van der Waals surface area contributed by atoms with Crippen molar-refractivity contribution in [2.24, 2.45) is 0 Å². The van der Waals surface area contributed by atoms with E-state index in [1.165, 1.54) is 6.20 Å². The molecule has 2 heterocycles. The van der Waals surface area contributed by atoms with Crippen molar-refractivity contribution in [1.29, 1.82) is 0 Å². The zero-order chi connectivity index (χ0) is 16.7. The lowest BCUT2D eigenvalue weighted by atomic mass is 10.2. The predicted octanol–water partition coefficient (Wildman–Crippen LogP) is 0.498. The summed E-state index contributed by atoms with van der Waals surface area (Å²) in [5.41, 5.74) is 2.02. The Balaban J connectivity index is 1.89. The molecule has 0 aliphatic heterocycles. The Morgan fingerprint density at radius 1 is 1.17 bits per heavy atom. The second-order valence-electron chi connectivity index (χ2n) is 4.99. The molecule has 8 heteroatoms. The summed E-state index contributed by atoms with van der Waals surface area (Å²) in [4.78, 5) is 20.1. The first-order valence-corrected chi connectivity index (χ1v) is 8.90. The number of pyridine rings is 2. The summed E-state index contributed by atoms with van der Waals surface area (Å²) in [5.74, 6) is -0.220. The van der Waals surface area contributed by atoms with Gasteiger partial charge in [-0.05, 0) is 36.2 Å². The van der Waals surface area contributed by atoms with E-state index in [0.29, 0.717) is 24.2 Å². The van der Waals surface area contributed by atoms with Gasteiger partial charge in [-0.3, -0.25) is 14.8 Å². The van der Waals surface area contributed by atoms with Gasteiger partial charge in [0.05, 0.1) is 18.5 Å². The molecule has 2 N–H and O–H groups in total. The van der Waals surface area contributed by atoms with Crippen LogP contribution in [0, 0.1) is 0 Å². The van der Waals surface area contributed by atoms with Crippen molar-refractivity contribution in [2.45, 2.75) is 13.0 Å². The zero-order valence-corrected chi connectivity index (χ0v) is 13.5. The van der Waals surface area contributed by atoms with Gasteiger partial charge in [0.25, 0.3) is 5.91 Å². The second-order valence-corrected chi connectivity index (χ2v) is 6.82. The number of hydrogen-bond acceptors (Lipinski definition) is 5. The molecule has 0 bridgehead atoms. The van der Waals surface area contributed by atoms with Crippen LogP contribution in [0.2, 0.25) is 0 Å². The van der Waals surface area contributed by atoms with Crippen LogP contribution in [0.5, 0.6) is 0 Å². The molecule has 0 aliphatic rings. The van der Waals surface area contributed by atoms with Gasteiger partial charge in [0.1, 0.15) is 0 Å². The highest BCUT2D eigenvalue weighted by atomic mass is 32.2. The van der Waals surface area contributed by atoms with Crippen molar-refractivity contribution < 1.29 is 13.2 Å². The fourth-order valence-electron chi connectivity index (χ4n) is 1.89. The predicted molar refractivity (Wildman–Crippen MR) is 86.2 cm³/mol. The molecule has 2 aromatic rings. The Morgan fingerprint density at radius 2 is 1.91 bits per heavy atom. The van der Waals surface area contributed by atoms with Gasteiger partial charge in [-0.2, -0.15) is 0 Å². The van der Waals surface area contributed by atoms with Gasteiger partial charge in [0, 0.05) is 30.7 Å². The molecule has 0 aromatic carbocycles. The molecule has 122 valence electrons. The molecular formula is C15H18N4O3S. The third-order valence-electron chi connectivity index (χ3n) is 3.04. The van der Waals surface area contributed by atoms with Crippen LogP contribution < -0.4 is 10.0 Å². The number of aromatic nitrogens is 2. The average Bonchev–Trinajstić information content (AvgIpc) is 2.53. The van der Waals surface area contributed by atoms with E-state index in [0.717, 1.165) is 11.8 Å². The van der Waals surface area contributed by atoms with Gasteiger partial charge in [0.15, 0.2) is 0 Å². The first-order chi connectivity index (χ1) is 10.9.